The Bertz CT molecular complexity index is 1230. The molecule has 0 aliphatic heterocycles. The molecule has 0 saturated carbocycles. The normalized spacial score (nSPS) is 14.2. The molecule has 0 aromatic carbocycles. The first-order valence-corrected chi connectivity index (χ1v) is 27.1. The molecule has 0 spiro atoms. The minimum atomic E-state index is -4.54. The topological polar surface area (TPSA) is 94.1 Å². The second kappa shape index (κ2) is 46.5. The van der Waals surface area contributed by atoms with Gasteiger partial charge in [0.25, 0.3) is 7.82 Å². The van der Waals surface area contributed by atoms with Crippen LogP contribution in [0.1, 0.15) is 206 Å². The Morgan fingerprint density at radius 2 is 0.921 bits per heavy atom. The lowest BCUT2D eigenvalue weighted by molar-refractivity contribution is -0.870. The van der Waals surface area contributed by atoms with Gasteiger partial charge < -0.3 is 27.9 Å². The van der Waals surface area contributed by atoms with E-state index >= 15 is 0 Å². The summed E-state index contributed by atoms with van der Waals surface area (Å²) in [6.45, 7) is 5.26. The van der Waals surface area contributed by atoms with Crippen LogP contribution in [-0.4, -0.2) is 70.7 Å². The van der Waals surface area contributed by atoms with Crippen LogP contribution in [-0.2, 0) is 27.9 Å². The molecule has 0 aliphatic carbocycles. The number of likely N-dealkylation sites (N-methyl/N-ethyl adjacent to an activating group) is 1. The summed E-state index contributed by atoms with van der Waals surface area (Å²) in [7, 11) is 1.34. The zero-order chi connectivity index (χ0) is 46.2. The molecule has 0 aromatic rings. The molecule has 0 bridgehead atoms. The molecule has 0 fully saturated rings. The fourth-order valence-electron chi connectivity index (χ4n) is 6.80. The largest absolute Gasteiger partial charge is 0.756 e. The predicted octanol–water partition coefficient (Wildman–Crippen LogP) is 15.2. The van der Waals surface area contributed by atoms with Crippen LogP contribution in [0.4, 0.5) is 0 Å². The minimum Gasteiger partial charge on any atom is -0.756 e. The molecular weight excluding hydrogens is 806 g/mol. The smallest absolute Gasteiger partial charge is 0.306 e. The number of ether oxygens (including phenoxy) is 2. The maximum absolute atomic E-state index is 12.7. The number of hydrogen-bond donors (Lipinski definition) is 0. The van der Waals surface area contributed by atoms with Crippen molar-refractivity contribution in [3.05, 3.63) is 72.9 Å². The van der Waals surface area contributed by atoms with Gasteiger partial charge in [-0.2, -0.15) is 0 Å². The summed E-state index contributed by atoms with van der Waals surface area (Å²) in [6, 6.07) is 0. The molecule has 0 saturated heterocycles. The highest BCUT2D eigenvalue weighted by atomic mass is 31.2. The molecule has 0 amide bonds. The quantitative estimate of drug-likeness (QED) is 0.0197. The Hall–Kier alpha value is -2.06. The molecule has 9 heteroatoms. The summed E-state index contributed by atoms with van der Waals surface area (Å²) in [6.07, 6.45) is 60.6. The maximum atomic E-state index is 12.7. The standard InChI is InChI=1S/C54H98NO7P/c1-6-8-10-12-14-16-18-20-22-24-26-27-28-30-32-34-36-38-40-42-44-46-49-59-51-53(52-61-63(57,58)60-50-48-55(3,4)5)62-54(56)47-45-43-41-39-37-35-33-31-29-25-23-21-19-17-15-13-11-9-7-2/h8,10,14-17,20-23,26-27,53H,6-7,9,11-13,18-19,24-25,28-52H2,1-5H3/b10-8-,16-14-,17-15-,22-20-,23-21-,27-26-. The average molecular weight is 904 g/mol. The number of quaternary nitrogens is 1. The summed E-state index contributed by atoms with van der Waals surface area (Å²) in [5, 5.41) is 0. The number of phosphoric ester groups is 1. The first-order valence-electron chi connectivity index (χ1n) is 25.7. The number of nitrogens with zero attached hydrogens (tertiary/aromatic N) is 1. The summed E-state index contributed by atoms with van der Waals surface area (Å²) < 4.78 is 34.7. The summed E-state index contributed by atoms with van der Waals surface area (Å²) in [5.74, 6) is -0.342. The van der Waals surface area contributed by atoms with E-state index in [0.29, 0.717) is 24.1 Å². The number of phosphoric acid groups is 1. The number of unbranched alkanes of at least 4 members (excludes halogenated alkanes) is 21. The Labute approximate surface area is 389 Å². The van der Waals surface area contributed by atoms with Crippen molar-refractivity contribution in [2.45, 2.75) is 213 Å². The molecule has 63 heavy (non-hydrogen) atoms. The Kier molecular flexibility index (Phi) is 44.9. The third-order valence-electron chi connectivity index (χ3n) is 10.7. The van der Waals surface area contributed by atoms with Gasteiger partial charge in [-0.15, -0.1) is 0 Å². The van der Waals surface area contributed by atoms with Crippen molar-refractivity contribution in [3.63, 3.8) is 0 Å². The lowest BCUT2D eigenvalue weighted by Gasteiger charge is -2.28. The second-order valence-electron chi connectivity index (χ2n) is 18.1. The van der Waals surface area contributed by atoms with E-state index in [0.717, 1.165) is 64.2 Å². The van der Waals surface area contributed by atoms with Gasteiger partial charge in [-0.25, -0.2) is 0 Å². The molecule has 0 radical (unpaired) electrons. The molecule has 0 aromatic heterocycles. The highest BCUT2D eigenvalue weighted by molar-refractivity contribution is 7.45. The van der Waals surface area contributed by atoms with Crippen LogP contribution in [0.25, 0.3) is 0 Å². The lowest BCUT2D eigenvalue weighted by atomic mass is 10.1. The van der Waals surface area contributed by atoms with E-state index < -0.39 is 13.9 Å². The number of rotatable bonds is 47. The Morgan fingerprint density at radius 3 is 1.38 bits per heavy atom. The van der Waals surface area contributed by atoms with Gasteiger partial charge in [0.15, 0.2) is 0 Å². The molecule has 2 atom stereocenters. The van der Waals surface area contributed by atoms with Crippen molar-refractivity contribution in [1.29, 1.82) is 0 Å². The van der Waals surface area contributed by atoms with Crippen molar-refractivity contribution < 1.29 is 37.3 Å². The molecular formula is C54H98NO7P. The Balaban J connectivity index is 4.17. The number of carbonyl (C=O) groups is 1. The first-order chi connectivity index (χ1) is 30.6. The van der Waals surface area contributed by atoms with Gasteiger partial charge in [-0.1, -0.05) is 189 Å². The van der Waals surface area contributed by atoms with E-state index in [4.69, 9.17) is 18.5 Å². The zero-order valence-electron chi connectivity index (χ0n) is 41.5. The third kappa shape index (κ3) is 50.8. The summed E-state index contributed by atoms with van der Waals surface area (Å²) >= 11 is 0. The van der Waals surface area contributed by atoms with Gasteiger partial charge in [-0.3, -0.25) is 9.36 Å². The van der Waals surface area contributed by atoms with E-state index in [2.05, 4.69) is 86.8 Å². The van der Waals surface area contributed by atoms with Crippen molar-refractivity contribution in [2.24, 2.45) is 0 Å². The Morgan fingerprint density at radius 1 is 0.508 bits per heavy atom. The van der Waals surface area contributed by atoms with Crippen LogP contribution >= 0.6 is 7.82 Å². The van der Waals surface area contributed by atoms with Crippen molar-refractivity contribution in [1.82, 2.24) is 0 Å². The molecule has 0 aliphatic rings. The first kappa shape index (κ1) is 60.9. The van der Waals surface area contributed by atoms with E-state index in [1.165, 1.54) is 122 Å². The third-order valence-corrected chi connectivity index (χ3v) is 11.7. The van der Waals surface area contributed by atoms with Gasteiger partial charge >= 0.3 is 5.97 Å². The highest BCUT2D eigenvalue weighted by Crippen LogP contribution is 2.38. The molecule has 2 unspecified atom stereocenters. The number of hydrogen-bond acceptors (Lipinski definition) is 7. The van der Waals surface area contributed by atoms with Gasteiger partial charge in [0, 0.05) is 13.0 Å². The minimum absolute atomic E-state index is 0.0209. The van der Waals surface area contributed by atoms with Crippen LogP contribution in [0.5, 0.6) is 0 Å². The number of esters is 1. The van der Waals surface area contributed by atoms with Crippen LogP contribution in [0.15, 0.2) is 72.9 Å². The van der Waals surface area contributed by atoms with Gasteiger partial charge in [0.1, 0.15) is 19.3 Å². The van der Waals surface area contributed by atoms with E-state index in [1.54, 1.807) is 0 Å². The van der Waals surface area contributed by atoms with E-state index in [1.807, 2.05) is 21.1 Å². The molecule has 366 valence electrons. The zero-order valence-corrected chi connectivity index (χ0v) is 42.4. The summed E-state index contributed by atoms with van der Waals surface area (Å²) in [4.78, 5) is 25.2. The van der Waals surface area contributed by atoms with Crippen LogP contribution in [0, 0.1) is 0 Å². The monoisotopic (exact) mass is 904 g/mol. The molecule has 0 N–H and O–H groups in total. The fourth-order valence-corrected chi connectivity index (χ4v) is 7.53. The average Bonchev–Trinajstić information content (AvgIpc) is 3.24. The van der Waals surface area contributed by atoms with Crippen LogP contribution in [0.2, 0.25) is 0 Å². The highest BCUT2D eigenvalue weighted by Gasteiger charge is 2.20. The predicted molar refractivity (Wildman–Crippen MR) is 268 cm³/mol. The van der Waals surface area contributed by atoms with Crippen molar-refractivity contribution in [3.8, 4) is 0 Å². The lowest BCUT2D eigenvalue weighted by Crippen LogP contribution is -2.37. The number of carbonyl (C=O) groups excluding carboxylic acids is 1. The fraction of sp³-hybridized carbons (Fsp3) is 0.759. The summed E-state index contributed by atoms with van der Waals surface area (Å²) in [5.41, 5.74) is 0. The maximum Gasteiger partial charge on any atom is 0.306 e. The molecule has 0 heterocycles. The van der Waals surface area contributed by atoms with E-state index in [9.17, 15) is 14.3 Å². The molecule has 0 rings (SSSR count). The van der Waals surface area contributed by atoms with Crippen molar-refractivity contribution in [2.75, 3.05) is 54.1 Å². The van der Waals surface area contributed by atoms with Gasteiger partial charge in [0.05, 0.1) is 34.4 Å². The van der Waals surface area contributed by atoms with Crippen LogP contribution < -0.4 is 4.89 Å². The van der Waals surface area contributed by atoms with Gasteiger partial charge in [-0.05, 0) is 83.5 Å². The van der Waals surface area contributed by atoms with Crippen LogP contribution in [0.3, 0.4) is 0 Å². The van der Waals surface area contributed by atoms with E-state index in [-0.39, 0.29) is 25.8 Å². The van der Waals surface area contributed by atoms with Crippen molar-refractivity contribution >= 4 is 13.8 Å². The number of allylic oxidation sites excluding steroid dienone is 12. The van der Waals surface area contributed by atoms with Gasteiger partial charge in [0.2, 0.25) is 0 Å². The second-order valence-corrected chi connectivity index (χ2v) is 19.6. The SMILES string of the molecule is CC/C=C\C/C=C\C/C=C\C/C=C\CCCCCCCCCCCOCC(COP(=O)([O-])OCC[N+](C)(C)C)OC(=O)CCCCCCCCCCC/C=C\C/C=C\CCCCC. The molecule has 8 nitrogen and oxygen atoms in total.